The second-order valence-electron chi connectivity index (χ2n) is 20.1. The normalized spacial score (nSPS) is 10.9. The fourth-order valence-corrected chi connectivity index (χ4v) is 8.33. The highest BCUT2D eigenvalue weighted by Crippen LogP contribution is 2.37. The monoisotopic (exact) mass is 1120 g/mol. The lowest BCUT2D eigenvalue weighted by atomic mass is 10.1. The van der Waals surface area contributed by atoms with E-state index in [9.17, 15) is 24.0 Å². The third kappa shape index (κ3) is 22.2. The van der Waals surface area contributed by atoms with Gasteiger partial charge >= 0.3 is 29.8 Å². The first-order chi connectivity index (χ1) is 39.7. The predicted molar refractivity (Wildman–Crippen MR) is 316 cm³/mol. The van der Waals surface area contributed by atoms with Gasteiger partial charge in [0.2, 0.25) is 5.88 Å². The van der Waals surface area contributed by atoms with Crippen molar-refractivity contribution in [2.45, 2.75) is 124 Å². The number of aromatic nitrogens is 1. The zero-order valence-electron chi connectivity index (χ0n) is 47.7. The lowest BCUT2D eigenvalue weighted by molar-refractivity contribution is -0.139. The first kappa shape index (κ1) is 62.7. The molecule has 15 nitrogen and oxygen atoms in total. The Bertz CT molecular complexity index is 3090. The Morgan fingerprint density at radius 3 is 1.12 bits per heavy atom. The summed E-state index contributed by atoms with van der Waals surface area (Å²) in [5, 5.41) is 2.15. The quantitative estimate of drug-likeness (QED) is 0.00896. The summed E-state index contributed by atoms with van der Waals surface area (Å²) in [7, 11) is 0. The van der Waals surface area contributed by atoms with Crippen LogP contribution in [0.25, 0.3) is 21.7 Å². The molecule has 1 heterocycles. The van der Waals surface area contributed by atoms with Crippen molar-refractivity contribution in [2.24, 2.45) is 0 Å². The van der Waals surface area contributed by atoms with Crippen LogP contribution in [-0.2, 0) is 51.0 Å². The third-order valence-electron chi connectivity index (χ3n) is 13.0. The van der Waals surface area contributed by atoms with Crippen LogP contribution in [0.15, 0.2) is 146 Å². The van der Waals surface area contributed by atoms with Crippen molar-refractivity contribution in [2.75, 3.05) is 39.6 Å². The molecule has 82 heavy (non-hydrogen) atoms. The van der Waals surface area contributed by atoms with E-state index in [-0.39, 0.29) is 36.6 Å². The van der Waals surface area contributed by atoms with Gasteiger partial charge in [-0.1, -0.05) is 44.0 Å². The molecule has 0 spiro atoms. The van der Waals surface area contributed by atoms with Gasteiger partial charge < -0.3 is 42.6 Å². The molecule has 0 saturated heterocycles. The molecule has 0 bridgehead atoms. The molecule has 0 amide bonds. The van der Waals surface area contributed by atoms with Crippen molar-refractivity contribution >= 4 is 51.5 Å². The molecule has 0 atom stereocenters. The highest BCUT2D eigenvalue weighted by molar-refractivity contribution is 6.08. The summed E-state index contributed by atoms with van der Waals surface area (Å²) in [6.07, 6.45) is 11.8. The minimum Gasteiger partial charge on any atom is -0.494 e. The lowest BCUT2D eigenvalue weighted by Gasteiger charge is -2.14. The maximum absolute atomic E-state index is 13.3. The van der Waals surface area contributed by atoms with Crippen LogP contribution in [0.5, 0.6) is 40.4 Å². The van der Waals surface area contributed by atoms with E-state index in [0.717, 1.165) is 110 Å². The minimum atomic E-state index is -0.404. The molecule has 6 aromatic rings. The molecule has 0 aliphatic rings. The number of nitrogens with zero attached hydrogens (tertiary/aromatic N) is 1. The first-order valence-electron chi connectivity index (χ1n) is 28.3. The Hall–Kier alpha value is -8.46. The van der Waals surface area contributed by atoms with Gasteiger partial charge in [0, 0.05) is 46.4 Å². The Balaban J connectivity index is 1.03. The smallest absolute Gasteiger partial charge is 0.333 e. The topological polar surface area (TPSA) is 181 Å². The van der Waals surface area contributed by atoms with Crippen molar-refractivity contribution in [3.05, 3.63) is 157 Å². The number of hydrogen-bond donors (Lipinski definition) is 0. The highest BCUT2D eigenvalue weighted by atomic mass is 16.6. The number of esters is 5. The van der Waals surface area contributed by atoms with Gasteiger partial charge in [0.05, 0.1) is 45.2 Å². The summed E-state index contributed by atoms with van der Waals surface area (Å²) in [6.45, 7) is 18.5. The molecule has 5 aromatic carbocycles. The van der Waals surface area contributed by atoms with E-state index in [1.807, 2.05) is 72.8 Å². The predicted octanol–water partition coefficient (Wildman–Crippen LogP) is 14.4. The van der Waals surface area contributed by atoms with Crippen LogP contribution in [0.3, 0.4) is 0 Å². The van der Waals surface area contributed by atoms with Crippen molar-refractivity contribution in [1.29, 1.82) is 0 Å². The number of benzene rings is 5. The summed E-state index contributed by atoms with van der Waals surface area (Å²) in [5.74, 6) is 1.69. The number of carbonyl (C=O) groups excluding carboxylic acids is 5. The van der Waals surface area contributed by atoms with Gasteiger partial charge in [-0.15, -0.1) is 0 Å². The second-order valence-corrected chi connectivity index (χ2v) is 20.1. The van der Waals surface area contributed by atoms with Crippen LogP contribution in [-0.4, -0.2) is 74.5 Å². The summed E-state index contributed by atoms with van der Waals surface area (Å²) >= 11 is 0. The average Bonchev–Trinajstić information content (AvgIpc) is 3.59. The number of aryl methyl sites for hydroxylation is 2. The van der Waals surface area contributed by atoms with Crippen LogP contribution in [0, 0.1) is 0 Å². The molecule has 6 rings (SSSR count). The fraction of sp³-hybridized carbons (Fsp3) is 0.373. The number of hydrogen-bond acceptors (Lipinski definition) is 15. The molecule has 0 N–H and O–H groups in total. The van der Waals surface area contributed by atoms with Crippen LogP contribution in [0.4, 0.5) is 0 Å². The number of unbranched alkanes of at least 4 members (excludes halogenated alkanes) is 9. The zero-order valence-corrected chi connectivity index (χ0v) is 47.7. The molecule has 0 aliphatic heterocycles. The van der Waals surface area contributed by atoms with Gasteiger partial charge in [-0.25, -0.2) is 19.4 Å². The van der Waals surface area contributed by atoms with Gasteiger partial charge in [-0.05, 0) is 206 Å². The Labute approximate surface area is 481 Å². The van der Waals surface area contributed by atoms with E-state index < -0.39 is 11.9 Å². The molecular formula is C67H77NO14. The zero-order chi connectivity index (χ0) is 58.5. The van der Waals surface area contributed by atoms with E-state index in [0.29, 0.717) is 103 Å². The van der Waals surface area contributed by atoms with Crippen LogP contribution < -0.4 is 28.4 Å². The van der Waals surface area contributed by atoms with Crippen LogP contribution in [0.1, 0.15) is 122 Å². The number of ether oxygens (including phenoxy) is 9. The number of carbonyl (C=O) groups is 5. The molecule has 434 valence electrons. The Morgan fingerprint density at radius 1 is 0.378 bits per heavy atom. The summed E-state index contributed by atoms with van der Waals surface area (Å²) in [6, 6.07) is 33.2. The molecule has 0 radical (unpaired) electrons. The molecule has 0 aliphatic carbocycles. The van der Waals surface area contributed by atoms with E-state index in [4.69, 9.17) is 47.6 Å². The molecule has 15 heteroatoms. The van der Waals surface area contributed by atoms with E-state index in [2.05, 4.69) is 19.7 Å². The van der Waals surface area contributed by atoms with Crippen molar-refractivity contribution in [3.63, 3.8) is 0 Å². The van der Waals surface area contributed by atoms with E-state index in [1.165, 1.54) is 0 Å². The van der Waals surface area contributed by atoms with Gasteiger partial charge in [0.1, 0.15) is 34.5 Å². The Morgan fingerprint density at radius 2 is 0.720 bits per heavy atom. The van der Waals surface area contributed by atoms with Crippen molar-refractivity contribution in [3.8, 4) is 40.4 Å². The van der Waals surface area contributed by atoms with Crippen LogP contribution in [0.2, 0.25) is 0 Å². The lowest BCUT2D eigenvalue weighted by Crippen LogP contribution is -2.09. The van der Waals surface area contributed by atoms with Gasteiger partial charge in [-0.2, -0.15) is 0 Å². The largest absolute Gasteiger partial charge is 0.494 e. The highest BCUT2D eigenvalue weighted by Gasteiger charge is 2.17. The Kier molecular flexibility index (Phi) is 26.0. The standard InChI is InChI=1S/C67H77NO14/c1-47(2)65(71)77-42-16-10-7-13-39-74-52-25-19-50(20-26-52)23-37-62(69)80-56-33-35-58-59-36-34-57(81-63(70)38-24-51-21-27-53(28-22-51)75-40-14-8-11-17-43-78-66(72)48(3)4)46-61(59)68-64(60(58)45-56)82-55-31-29-54(30-32-55)76-41-15-9-12-18-44-79-67(73)49(5)6/h19-22,25-36,45-46H,1,3,5,7-18,23-24,37-44H2,2,4,6H3. The molecule has 0 saturated carbocycles. The summed E-state index contributed by atoms with van der Waals surface area (Å²) in [4.78, 5) is 66.0. The van der Waals surface area contributed by atoms with Gasteiger partial charge in [0.15, 0.2) is 0 Å². The maximum atomic E-state index is 13.3. The van der Waals surface area contributed by atoms with Crippen molar-refractivity contribution < 1.29 is 66.6 Å². The van der Waals surface area contributed by atoms with E-state index >= 15 is 0 Å². The van der Waals surface area contributed by atoms with Crippen molar-refractivity contribution in [1.82, 2.24) is 4.98 Å². The van der Waals surface area contributed by atoms with Gasteiger partial charge in [0.25, 0.3) is 0 Å². The number of pyridine rings is 1. The average molecular weight is 1120 g/mol. The fourth-order valence-electron chi connectivity index (χ4n) is 8.33. The number of rotatable bonds is 37. The molecular weight excluding hydrogens is 1040 g/mol. The third-order valence-corrected chi connectivity index (χ3v) is 13.0. The molecule has 1 aromatic heterocycles. The molecule has 0 unspecified atom stereocenters. The molecule has 0 fully saturated rings. The summed E-state index contributed by atoms with van der Waals surface area (Å²) < 4.78 is 51.5. The summed E-state index contributed by atoms with van der Waals surface area (Å²) in [5.41, 5.74) is 3.65. The van der Waals surface area contributed by atoms with Crippen LogP contribution >= 0.6 is 0 Å². The second kappa shape index (κ2) is 34.0. The minimum absolute atomic E-state index is 0.144. The number of fused-ring (bicyclic) bond motifs is 3. The first-order valence-corrected chi connectivity index (χ1v) is 28.3. The maximum Gasteiger partial charge on any atom is 0.333 e. The van der Waals surface area contributed by atoms with E-state index in [1.54, 1.807) is 57.2 Å². The van der Waals surface area contributed by atoms with Gasteiger partial charge in [-0.3, -0.25) is 9.59 Å². The SMILES string of the molecule is C=C(C)C(=O)OCCCCCCOc1ccc(CCC(=O)Oc2ccc3c(c2)nc(Oc2ccc(OCCCCCCOC(=O)C(=C)C)cc2)c2cc(OC(=O)CCc4ccc(OCCCCCCOC(=O)C(=C)C)cc4)ccc23)cc1.